The Morgan fingerprint density at radius 1 is 0.966 bits per heavy atom. The first-order chi connectivity index (χ1) is 14.3. The molecule has 0 saturated carbocycles. The van der Waals surface area contributed by atoms with Crippen LogP contribution in [0.15, 0.2) is 59.2 Å². The molecule has 0 aliphatic carbocycles. The highest BCUT2D eigenvalue weighted by atomic mass is 16.3. The lowest BCUT2D eigenvalue weighted by Crippen LogP contribution is -2.46. The highest BCUT2D eigenvalue weighted by molar-refractivity contribution is 5.94. The van der Waals surface area contributed by atoms with Crippen LogP contribution in [-0.4, -0.2) is 57.7 Å². The maximum atomic E-state index is 13.4. The van der Waals surface area contributed by atoms with Crippen LogP contribution in [0.25, 0.3) is 17.1 Å². The third-order valence-corrected chi connectivity index (χ3v) is 6.11. The van der Waals surface area contributed by atoms with Crippen LogP contribution in [0, 0.1) is 0 Å². The number of para-hydroxylation sites is 1. The summed E-state index contributed by atoms with van der Waals surface area (Å²) in [5.41, 5.74) is 2.14. The minimum atomic E-state index is 0.0408. The zero-order chi connectivity index (χ0) is 19.6. The number of likely N-dealkylation sites (tertiary alicyclic amines) is 2. The van der Waals surface area contributed by atoms with Crippen molar-refractivity contribution in [1.82, 2.24) is 19.6 Å². The molecule has 2 saturated heterocycles. The lowest BCUT2D eigenvalue weighted by atomic mass is 10.0. The number of amides is 1. The van der Waals surface area contributed by atoms with Crippen LogP contribution in [0.5, 0.6) is 0 Å². The number of benzene rings is 1. The second-order valence-electron chi connectivity index (χ2n) is 7.91. The van der Waals surface area contributed by atoms with Crippen molar-refractivity contribution in [1.29, 1.82) is 0 Å². The molecule has 6 nitrogen and oxygen atoms in total. The molecule has 29 heavy (non-hydrogen) atoms. The Balaban J connectivity index is 1.40. The first kappa shape index (κ1) is 18.2. The molecule has 4 heterocycles. The summed E-state index contributed by atoms with van der Waals surface area (Å²) in [6, 6.07) is 16.0. The molecule has 2 aromatic heterocycles. The van der Waals surface area contributed by atoms with Gasteiger partial charge in [0, 0.05) is 25.2 Å². The van der Waals surface area contributed by atoms with Gasteiger partial charge in [-0.05, 0) is 63.0 Å². The summed E-state index contributed by atoms with van der Waals surface area (Å²) in [6.45, 7) is 4.03. The number of piperidine rings is 1. The Morgan fingerprint density at radius 3 is 2.41 bits per heavy atom. The summed E-state index contributed by atoms with van der Waals surface area (Å²) in [7, 11) is 0. The van der Waals surface area contributed by atoms with E-state index < -0.39 is 0 Å². The lowest BCUT2D eigenvalue weighted by molar-refractivity contribution is 0.0635. The standard InChI is InChI=1S/C23H26N4O2/c28-23(26-14-10-18(11-15-26)25-12-4-5-13-25)21-17-20(22-9-6-16-29-22)24-27(21)19-7-2-1-3-8-19/h1-3,6-9,16-18H,4-5,10-15H2. The summed E-state index contributed by atoms with van der Waals surface area (Å²) >= 11 is 0. The predicted molar refractivity (Wildman–Crippen MR) is 111 cm³/mol. The molecule has 1 amide bonds. The Bertz CT molecular complexity index is 950. The molecule has 2 aliphatic heterocycles. The summed E-state index contributed by atoms with van der Waals surface area (Å²) in [4.78, 5) is 18.0. The third kappa shape index (κ3) is 3.60. The van der Waals surface area contributed by atoms with Gasteiger partial charge in [0.25, 0.3) is 5.91 Å². The number of hydrogen-bond acceptors (Lipinski definition) is 4. The molecule has 2 fully saturated rings. The molecule has 2 aliphatic rings. The van der Waals surface area contributed by atoms with Gasteiger partial charge in [-0.25, -0.2) is 4.68 Å². The van der Waals surface area contributed by atoms with Crippen molar-refractivity contribution in [2.24, 2.45) is 0 Å². The fourth-order valence-electron chi connectivity index (χ4n) is 4.55. The summed E-state index contributed by atoms with van der Waals surface area (Å²) in [5.74, 6) is 0.709. The molecule has 150 valence electrons. The van der Waals surface area contributed by atoms with E-state index in [4.69, 9.17) is 4.42 Å². The molecule has 6 heteroatoms. The van der Waals surface area contributed by atoms with Gasteiger partial charge in [-0.15, -0.1) is 0 Å². The van der Waals surface area contributed by atoms with E-state index in [2.05, 4.69) is 10.00 Å². The number of hydrogen-bond donors (Lipinski definition) is 0. The molecule has 3 aromatic rings. The fourth-order valence-corrected chi connectivity index (χ4v) is 4.55. The summed E-state index contributed by atoms with van der Waals surface area (Å²) in [5, 5.41) is 4.68. The van der Waals surface area contributed by atoms with E-state index in [9.17, 15) is 4.79 Å². The second-order valence-corrected chi connectivity index (χ2v) is 7.91. The summed E-state index contributed by atoms with van der Waals surface area (Å²) in [6.07, 6.45) is 6.35. The number of rotatable bonds is 4. The van der Waals surface area contributed by atoms with Crippen LogP contribution in [-0.2, 0) is 0 Å². The number of nitrogens with zero attached hydrogens (tertiary/aromatic N) is 4. The van der Waals surface area contributed by atoms with Crippen molar-refractivity contribution in [3.8, 4) is 17.1 Å². The fraction of sp³-hybridized carbons (Fsp3) is 0.391. The maximum Gasteiger partial charge on any atom is 0.272 e. The van der Waals surface area contributed by atoms with E-state index in [0.717, 1.165) is 31.6 Å². The lowest BCUT2D eigenvalue weighted by Gasteiger charge is -2.36. The molecule has 0 spiro atoms. The average molecular weight is 390 g/mol. The Hall–Kier alpha value is -2.86. The molecule has 1 aromatic carbocycles. The molecular weight excluding hydrogens is 364 g/mol. The van der Waals surface area contributed by atoms with Crippen molar-refractivity contribution in [2.45, 2.75) is 31.7 Å². The minimum absolute atomic E-state index is 0.0408. The van der Waals surface area contributed by atoms with E-state index >= 15 is 0 Å². The van der Waals surface area contributed by atoms with Crippen LogP contribution in [0.4, 0.5) is 0 Å². The topological polar surface area (TPSA) is 54.5 Å². The van der Waals surface area contributed by atoms with Gasteiger partial charge >= 0.3 is 0 Å². The SMILES string of the molecule is O=C(c1cc(-c2ccco2)nn1-c1ccccc1)N1CCC(N2CCCC2)CC1. The molecule has 0 N–H and O–H groups in total. The molecule has 5 rings (SSSR count). The number of carbonyl (C=O) groups excluding carboxylic acids is 1. The van der Waals surface area contributed by atoms with Gasteiger partial charge in [0.05, 0.1) is 12.0 Å². The van der Waals surface area contributed by atoms with Crippen molar-refractivity contribution < 1.29 is 9.21 Å². The van der Waals surface area contributed by atoms with E-state index in [1.807, 2.05) is 53.4 Å². The number of aromatic nitrogens is 2. The molecule has 0 bridgehead atoms. The normalized spacial score (nSPS) is 18.4. The average Bonchev–Trinajstić information content (AvgIpc) is 3.55. The molecular formula is C23H26N4O2. The van der Waals surface area contributed by atoms with Crippen LogP contribution >= 0.6 is 0 Å². The van der Waals surface area contributed by atoms with Gasteiger partial charge in [0.15, 0.2) is 5.76 Å². The Kier molecular flexibility index (Phi) is 4.94. The van der Waals surface area contributed by atoms with Gasteiger partial charge in [-0.2, -0.15) is 5.10 Å². The van der Waals surface area contributed by atoms with Crippen molar-refractivity contribution in [2.75, 3.05) is 26.2 Å². The van der Waals surface area contributed by atoms with Crippen molar-refractivity contribution >= 4 is 5.91 Å². The monoisotopic (exact) mass is 390 g/mol. The molecule has 0 radical (unpaired) electrons. The zero-order valence-corrected chi connectivity index (χ0v) is 16.5. The number of furan rings is 1. The van der Waals surface area contributed by atoms with Crippen molar-refractivity contribution in [3.05, 3.63) is 60.5 Å². The first-order valence-electron chi connectivity index (χ1n) is 10.5. The maximum absolute atomic E-state index is 13.4. The first-order valence-corrected chi connectivity index (χ1v) is 10.5. The second kappa shape index (κ2) is 7.87. The largest absolute Gasteiger partial charge is 0.463 e. The molecule has 0 unspecified atom stereocenters. The third-order valence-electron chi connectivity index (χ3n) is 6.11. The van der Waals surface area contributed by atoms with E-state index in [0.29, 0.717) is 23.2 Å². The highest BCUT2D eigenvalue weighted by Gasteiger charge is 2.30. The quantitative estimate of drug-likeness (QED) is 0.679. The molecule has 0 atom stereocenters. The van der Waals surface area contributed by atoms with E-state index in [1.165, 1.54) is 25.9 Å². The van der Waals surface area contributed by atoms with Crippen LogP contribution in [0.1, 0.15) is 36.2 Å². The smallest absolute Gasteiger partial charge is 0.272 e. The van der Waals surface area contributed by atoms with Gasteiger partial charge in [0.1, 0.15) is 11.4 Å². The Morgan fingerprint density at radius 2 is 1.72 bits per heavy atom. The van der Waals surface area contributed by atoms with Crippen LogP contribution < -0.4 is 0 Å². The van der Waals surface area contributed by atoms with Gasteiger partial charge in [-0.3, -0.25) is 4.79 Å². The minimum Gasteiger partial charge on any atom is -0.463 e. The predicted octanol–water partition coefficient (Wildman–Crippen LogP) is 3.83. The van der Waals surface area contributed by atoms with E-state index in [1.54, 1.807) is 10.9 Å². The van der Waals surface area contributed by atoms with Crippen molar-refractivity contribution in [3.63, 3.8) is 0 Å². The van der Waals surface area contributed by atoms with Crippen LogP contribution in [0.2, 0.25) is 0 Å². The van der Waals surface area contributed by atoms with E-state index in [-0.39, 0.29) is 5.91 Å². The highest BCUT2D eigenvalue weighted by Crippen LogP contribution is 2.26. The van der Waals surface area contributed by atoms with Gasteiger partial charge in [-0.1, -0.05) is 18.2 Å². The Labute approximate surface area is 170 Å². The van der Waals surface area contributed by atoms with Gasteiger partial charge in [0.2, 0.25) is 0 Å². The van der Waals surface area contributed by atoms with Gasteiger partial charge < -0.3 is 14.2 Å². The number of carbonyl (C=O) groups is 1. The zero-order valence-electron chi connectivity index (χ0n) is 16.5. The van der Waals surface area contributed by atoms with Crippen LogP contribution in [0.3, 0.4) is 0 Å². The summed E-state index contributed by atoms with van der Waals surface area (Å²) < 4.78 is 7.26.